The van der Waals surface area contributed by atoms with Crippen molar-refractivity contribution < 1.29 is 4.79 Å². The van der Waals surface area contributed by atoms with Crippen molar-refractivity contribution in [3.8, 4) is 0 Å². The average molecular weight is 301 g/mol. The highest BCUT2D eigenvalue weighted by atomic mass is 32.1. The van der Waals surface area contributed by atoms with E-state index in [1.165, 1.54) is 11.3 Å². The molecule has 7 heteroatoms. The van der Waals surface area contributed by atoms with Gasteiger partial charge in [-0.25, -0.2) is 4.98 Å². The van der Waals surface area contributed by atoms with E-state index in [1.54, 1.807) is 18.2 Å². The van der Waals surface area contributed by atoms with Gasteiger partial charge in [0.25, 0.3) is 5.91 Å². The molecule has 2 heterocycles. The predicted octanol–water partition coefficient (Wildman–Crippen LogP) is 2.98. The van der Waals surface area contributed by atoms with Crippen LogP contribution in [0.5, 0.6) is 0 Å². The second-order valence-electron chi connectivity index (χ2n) is 5.06. The van der Waals surface area contributed by atoms with E-state index < -0.39 is 0 Å². The minimum Gasteiger partial charge on any atom is -0.399 e. The van der Waals surface area contributed by atoms with E-state index in [4.69, 9.17) is 5.73 Å². The van der Waals surface area contributed by atoms with E-state index in [0.717, 1.165) is 11.2 Å². The van der Waals surface area contributed by atoms with Gasteiger partial charge in [-0.2, -0.15) is 5.10 Å². The van der Waals surface area contributed by atoms with Gasteiger partial charge in [0.1, 0.15) is 0 Å². The summed E-state index contributed by atoms with van der Waals surface area (Å²) in [5, 5.41) is 12.9. The fraction of sp³-hybridized carbons (Fsp3) is 0.214. The summed E-state index contributed by atoms with van der Waals surface area (Å²) in [5.41, 5.74) is 8.41. The number of aromatic amines is 1. The fourth-order valence-corrected chi connectivity index (χ4v) is 2.84. The third-order valence-electron chi connectivity index (χ3n) is 3.14. The molecule has 0 aliphatic rings. The highest BCUT2D eigenvalue weighted by molar-refractivity contribution is 7.14. The maximum absolute atomic E-state index is 12.3. The van der Waals surface area contributed by atoms with Crippen LogP contribution in [0.1, 0.15) is 35.9 Å². The molecule has 0 saturated heterocycles. The van der Waals surface area contributed by atoms with Crippen LogP contribution in [0.25, 0.3) is 10.9 Å². The van der Waals surface area contributed by atoms with E-state index in [1.807, 2.05) is 5.38 Å². The van der Waals surface area contributed by atoms with Gasteiger partial charge in [0, 0.05) is 16.5 Å². The number of nitrogens with zero attached hydrogens (tertiary/aromatic N) is 2. The van der Waals surface area contributed by atoms with E-state index in [-0.39, 0.29) is 5.91 Å². The number of thiazole rings is 1. The van der Waals surface area contributed by atoms with Crippen molar-refractivity contribution in [2.45, 2.75) is 19.8 Å². The highest BCUT2D eigenvalue weighted by Crippen LogP contribution is 2.23. The third kappa shape index (κ3) is 2.59. The molecule has 2 aromatic heterocycles. The number of fused-ring (bicyclic) bond motifs is 1. The molecule has 4 N–H and O–H groups in total. The molecule has 0 atom stereocenters. The van der Waals surface area contributed by atoms with Crippen molar-refractivity contribution in [3.63, 3.8) is 0 Å². The number of anilines is 2. The lowest BCUT2D eigenvalue weighted by Gasteiger charge is -2.00. The molecule has 1 aromatic carbocycles. The van der Waals surface area contributed by atoms with Gasteiger partial charge in [-0.3, -0.25) is 15.2 Å². The van der Waals surface area contributed by atoms with Crippen LogP contribution in [0.2, 0.25) is 0 Å². The molecule has 21 heavy (non-hydrogen) atoms. The summed E-state index contributed by atoms with van der Waals surface area (Å²) in [7, 11) is 0. The zero-order valence-electron chi connectivity index (χ0n) is 11.7. The number of aromatic nitrogens is 3. The molecule has 6 nitrogen and oxygen atoms in total. The lowest BCUT2D eigenvalue weighted by molar-refractivity contribution is 0.102. The first-order valence-corrected chi connectivity index (χ1v) is 7.43. The third-order valence-corrected chi connectivity index (χ3v) is 3.91. The van der Waals surface area contributed by atoms with Crippen molar-refractivity contribution in [2.75, 3.05) is 11.1 Å². The molecular formula is C14H15N5OS. The Labute approximate surface area is 125 Å². The quantitative estimate of drug-likeness (QED) is 0.648. The summed E-state index contributed by atoms with van der Waals surface area (Å²) < 4.78 is 0. The van der Waals surface area contributed by atoms with Crippen LogP contribution in [-0.4, -0.2) is 21.1 Å². The number of amides is 1. The lowest BCUT2D eigenvalue weighted by Crippen LogP contribution is -2.12. The second-order valence-corrected chi connectivity index (χ2v) is 5.92. The Morgan fingerprint density at radius 1 is 1.43 bits per heavy atom. The standard InChI is InChI=1S/C14H15N5OS/c1-7(2)11-6-21-14(16-11)17-13(20)12-9-5-8(15)3-4-10(9)18-19-12/h3-7H,15H2,1-2H3,(H,18,19)(H,16,17,20). The first-order chi connectivity index (χ1) is 10.0. The van der Waals surface area contributed by atoms with Crippen LogP contribution in [0.15, 0.2) is 23.6 Å². The molecule has 0 saturated carbocycles. The molecule has 3 aromatic rings. The molecule has 0 spiro atoms. The molecule has 108 valence electrons. The maximum atomic E-state index is 12.3. The second kappa shape index (κ2) is 5.17. The number of carbonyl (C=O) groups is 1. The summed E-state index contributed by atoms with van der Waals surface area (Å²) in [6, 6.07) is 5.29. The first-order valence-electron chi connectivity index (χ1n) is 6.55. The van der Waals surface area contributed by atoms with Crippen molar-refractivity contribution in [3.05, 3.63) is 35.0 Å². The maximum Gasteiger partial charge on any atom is 0.278 e. The molecule has 0 aliphatic heterocycles. The van der Waals surface area contributed by atoms with Crippen molar-refractivity contribution in [1.82, 2.24) is 15.2 Å². The number of rotatable bonds is 3. The van der Waals surface area contributed by atoms with Crippen molar-refractivity contribution >= 4 is 39.0 Å². The molecular weight excluding hydrogens is 286 g/mol. The first kappa shape index (κ1) is 13.6. The molecule has 0 fully saturated rings. The van der Waals surface area contributed by atoms with E-state index in [0.29, 0.717) is 27.8 Å². The summed E-state index contributed by atoms with van der Waals surface area (Å²) in [4.78, 5) is 16.7. The Hall–Kier alpha value is -2.41. The number of nitrogen functional groups attached to an aromatic ring is 1. The molecule has 0 bridgehead atoms. The molecule has 0 aliphatic carbocycles. The zero-order chi connectivity index (χ0) is 15.0. The minimum absolute atomic E-state index is 0.295. The SMILES string of the molecule is CC(C)c1csc(NC(=O)c2n[nH]c3ccc(N)cc23)n1. The van der Waals surface area contributed by atoms with Crippen LogP contribution in [0.4, 0.5) is 10.8 Å². The van der Waals surface area contributed by atoms with Gasteiger partial charge in [-0.1, -0.05) is 13.8 Å². The Kier molecular flexibility index (Phi) is 3.34. The van der Waals surface area contributed by atoms with Crippen LogP contribution in [-0.2, 0) is 0 Å². The number of hydrogen-bond donors (Lipinski definition) is 3. The fourth-order valence-electron chi connectivity index (χ4n) is 1.97. The van der Waals surface area contributed by atoms with Crippen LogP contribution < -0.4 is 11.1 Å². The number of H-pyrrole nitrogens is 1. The van der Waals surface area contributed by atoms with Crippen LogP contribution in [0, 0.1) is 0 Å². The topological polar surface area (TPSA) is 96.7 Å². The number of hydrogen-bond acceptors (Lipinski definition) is 5. The average Bonchev–Trinajstić information content (AvgIpc) is 3.04. The van der Waals surface area contributed by atoms with Gasteiger partial charge in [-0.15, -0.1) is 11.3 Å². The molecule has 0 unspecified atom stereocenters. The van der Waals surface area contributed by atoms with E-state index >= 15 is 0 Å². The van der Waals surface area contributed by atoms with Gasteiger partial charge in [0.2, 0.25) is 0 Å². The number of benzene rings is 1. The number of carbonyl (C=O) groups excluding carboxylic acids is 1. The Balaban J connectivity index is 1.88. The Morgan fingerprint density at radius 3 is 2.95 bits per heavy atom. The van der Waals surface area contributed by atoms with Gasteiger partial charge in [0.05, 0.1) is 11.2 Å². The summed E-state index contributed by atoms with van der Waals surface area (Å²) in [6.45, 7) is 4.12. The molecule has 3 rings (SSSR count). The summed E-state index contributed by atoms with van der Waals surface area (Å²) >= 11 is 1.41. The normalized spacial score (nSPS) is 11.2. The zero-order valence-corrected chi connectivity index (χ0v) is 12.5. The van der Waals surface area contributed by atoms with E-state index in [9.17, 15) is 4.79 Å². The Morgan fingerprint density at radius 2 is 2.24 bits per heavy atom. The predicted molar refractivity (Wildman–Crippen MR) is 84.7 cm³/mol. The van der Waals surface area contributed by atoms with Gasteiger partial charge < -0.3 is 5.73 Å². The number of nitrogens with two attached hydrogens (primary N) is 1. The Bertz CT molecular complexity index is 805. The largest absolute Gasteiger partial charge is 0.399 e. The lowest BCUT2D eigenvalue weighted by atomic mass is 10.2. The summed E-state index contributed by atoms with van der Waals surface area (Å²) in [5.74, 6) is 0.0365. The smallest absolute Gasteiger partial charge is 0.278 e. The molecule has 0 radical (unpaired) electrons. The van der Waals surface area contributed by atoms with Gasteiger partial charge in [0.15, 0.2) is 10.8 Å². The minimum atomic E-state index is -0.295. The molecule has 1 amide bonds. The van der Waals surface area contributed by atoms with Crippen LogP contribution >= 0.6 is 11.3 Å². The summed E-state index contributed by atoms with van der Waals surface area (Å²) in [6.07, 6.45) is 0. The van der Waals surface area contributed by atoms with Crippen LogP contribution in [0.3, 0.4) is 0 Å². The monoisotopic (exact) mass is 301 g/mol. The number of nitrogens with one attached hydrogen (secondary N) is 2. The van der Waals surface area contributed by atoms with Crippen molar-refractivity contribution in [2.24, 2.45) is 0 Å². The van der Waals surface area contributed by atoms with Gasteiger partial charge in [-0.05, 0) is 24.1 Å². The van der Waals surface area contributed by atoms with E-state index in [2.05, 4.69) is 34.3 Å². The highest BCUT2D eigenvalue weighted by Gasteiger charge is 2.16. The van der Waals surface area contributed by atoms with Crippen molar-refractivity contribution in [1.29, 1.82) is 0 Å². The van der Waals surface area contributed by atoms with Gasteiger partial charge >= 0.3 is 0 Å².